The Kier molecular flexibility index (Phi) is 4.92. The number of carbonyl (C=O) groups is 1. The Morgan fingerprint density at radius 3 is 2.81 bits per heavy atom. The minimum absolute atomic E-state index is 0.0638. The Hall–Kier alpha value is -2.91. The molecule has 0 bridgehead atoms. The van der Waals surface area contributed by atoms with E-state index in [1.54, 1.807) is 6.07 Å². The van der Waals surface area contributed by atoms with Crippen molar-refractivity contribution in [3.05, 3.63) is 56.8 Å². The summed E-state index contributed by atoms with van der Waals surface area (Å²) in [6.07, 6.45) is 0. The van der Waals surface area contributed by atoms with Gasteiger partial charge in [-0.15, -0.1) is 0 Å². The van der Waals surface area contributed by atoms with E-state index in [0.29, 0.717) is 0 Å². The molecule has 0 radical (unpaired) electrons. The van der Waals surface area contributed by atoms with Crippen molar-refractivity contribution in [2.75, 3.05) is 13.7 Å². The smallest absolute Gasteiger partial charge is 0.336 e. The van der Waals surface area contributed by atoms with Gasteiger partial charge in [0.15, 0.2) is 4.77 Å². The largest absolute Gasteiger partial charge is 0.478 e. The second kappa shape index (κ2) is 7.14. The van der Waals surface area contributed by atoms with Gasteiger partial charge in [-0.05, 0) is 30.4 Å². The van der Waals surface area contributed by atoms with E-state index in [1.807, 2.05) is 0 Å². The van der Waals surface area contributed by atoms with E-state index >= 15 is 0 Å². The van der Waals surface area contributed by atoms with E-state index in [4.69, 9.17) is 17.0 Å². The van der Waals surface area contributed by atoms with E-state index < -0.39 is 17.3 Å². The van der Waals surface area contributed by atoms with Crippen molar-refractivity contribution < 1.29 is 19.0 Å². The number of carboxylic acid groups (broad SMARTS) is 1. The molecule has 2 heterocycles. The van der Waals surface area contributed by atoms with Gasteiger partial charge in [0.05, 0.1) is 29.8 Å². The minimum atomic E-state index is -1.32. The topological polar surface area (TPSA) is 97.2 Å². The van der Waals surface area contributed by atoms with Crippen LogP contribution in [0.5, 0.6) is 0 Å². The number of hydrogen-bond acceptors (Lipinski definition) is 5. The lowest BCUT2D eigenvalue weighted by Crippen LogP contribution is -2.20. The Balaban J connectivity index is 2.44. The van der Waals surface area contributed by atoms with E-state index in [2.05, 4.69) is 9.97 Å². The molecule has 0 fully saturated rings. The zero-order valence-electron chi connectivity index (χ0n) is 13.7. The number of fused-ring (bicyclic) bond motifs is 1. The van der Waals surface area contributed by atoms with Crippen molar-refractivity contribution >= 4 is 29.2 Å². The molecule has 2 aromatic heterocycles. The van der Waals surface area contributed by atoms with Crippen molar-refractivity contribution in [3.63, 3.8) is 0 Å². The average Bonchev–Trinajstić information content (AvgIpc) is 2.60. The molecule has 0 aliphatic rings. The molecule has 0 saturated carbocycles. The number of ether oxygens (including phenoxy) is 1. The van der Waals surface area contributed by atoms with Gasteiger partial charge in [0, 0.05) is 12.7 Å². The number of aromatic nitrogens is 3. The fourth-order valence-corrected chi connectivity index (χ4v) is 2.91. The van der Waals surface area contributed by atoms with Crippen LogP contribution in [-0.4, -0.2) is 39.3 Å². The Morgan fingerprint density at radius 1 is 1.42 bits per heavy atom. The summed E-state index contributed by atoms with van der Waals surface area (Å²) in [5.74, 6) is -1.88. The number of methoxy groups -OCH3 is 1. The summed E-state index contributed by atoms with van der Waals surface area (Å²) >= 11 is 5.17. The van der Waals surface area contributed by atoms with E-state index in [-0.39, 0.29) is 45.8 Å². The predicted octanol–water partition coefficient (Wildman–Crippen LogP) is 2.60. The lowest BCUT2D eigenvalue weighted by molar-refractivity contribution is 0.0699. The standard InChI is InChI=1S/C17H14FN3O4S/c1-25-7-6-21-14-13(15(22)20-17(21)26)10(16(23)24)8-12(19-14)9-4-2-3-5-11(9)18/h2-5,8H,6-7H2,1H3,(H,23,24)(H,20,22,26). The molecule has 26 heavy (non-hydrogen) atoms. The van der Waals surface area contributed by atoms with E-state index in [0.717, 1.165) is 0 Å². The van der Waals surface area contributed by atoms with Crippen molar-refractivity contribution in [3.8, 4) is 11.3 Å². The van der Waals surface area contributed by atoms with Crippen molar-refractivity contribution in [2.45, 2.75) is 6.54 Å². The fraction of sp³-hybridized carbons (Fsp3) is 0.176. The van der Waals surface area contributed by atoms with E-state index in [1.165, 1.54) is 35.9 Å². The first-order chi connectivity index (χ1) is 12.4. The molecule has 0 atom stereocenters. The predicted molar refractivity (Wildman–Crippen MR) is 95.4 cm³/mol. The first kappa shape index (κ1) is 17.9. The molecule has 0 unspecified atom stereocenters. The maximum absolute atomic E-state index is 14.2. The quantitative estimate of drug-likeness (QED) is 0.666. The number of benzene rings is 1. The molecule has 1 aromatic carbocycles. The molecule has 3 aromatic rings. The highest BCUT2D eigenvalue weighted by Gasteiger charge is 2.19. The highest BCUT2D eigenvalue weighted by atomic mass is 32.1. The summed E-state index contributed by atoms with van der Waals surface area (Å²) in [6.45, 7) is 0.513. The van der Waals surface area contributed by atoms with Crippen molar-refractivity contribution in [1.29, 1.82) is 0 Å². The number of rotatable bonds is 5. The van der Waals surface area contributed by atoms with E-state index in [9.17, 15) is 19.1 Å². The number of aromatic amines is 1. The summed E-state index contributed by atoms with van der Waals surface area (Å²) < 4.78 is 20.7. The molecule has 0 aliphatic heterocycles. The minimum Gasteiger partial charge on any atom is -0.478 e. The molecule has 7 nitrogen and oxygen atoms in total. The van der Waals surface area contributed by atoms with Gasteiger partial charge in [-0.3, -0.25) is 9.78 Å². The highest BCUT2D eigenvalue weighted by molar-refractivity contribution is 7.71. The van der Waals surface area contributed by atoms with Crippen molar-refractivity contribution in [2.24, 2.45) is 0 Å². The van der Waals surface area contributed by atoms with Crippen LogP contribution in [0.2, 0.25) is 0 Å². The summed E-state index contributed by atoms with van der Waals surface area (Å²) in [4.78, 5) is 30.8. The van der Waals surface area contributed by atoms with Crippen LogP contribution in [0.25, 0.3) is 22.3 Å². The maximum Gasteiger partial charge on any atom is 0.336 e. The first-order valence-corrected chi connectivity index (χ1v) is 8.00. The number of carboxylic acids is 1. The summed E-state index contributed by atoms with van der Waals surface area (Å²) in [7, 11) is 1.50. The zero-order chi connectivity index (χ0) is 18.8. The van der Waals surface area contributed by atoms with Gasteiger partial charge < -0.3 is 14.4 Å². The second-order valence-corrected chi connectivity index (χ2v) is 5.83. The lowest BCUT2D eigenvalue weighted by Gasteiger charge is -2.13. The average molecular weight is 375 g/mol. The number of aromatic carboxylic acids is 1. The summed E-state index contributed by atoms with van der Waals surface area (Å²) in [5, 5.41) is 9.43. The summed E-state index contributed by atoms with van der Waals surface area (Å²) in [5.41, 5.74) is -0.658. The maximum atomic E-state index is 14.2. The third kappa shape index (κ3) is 3.14. The van der Waals surface area contributed by atoms with Gasteiger partial charge in [0.1, 0.15) is 11.5 Å². The SMILES string of the molecule is COCCn1c(=S)[nH]c(=O)c2c(C(=O)O)cc(-c3ccccc3F)nc21. The van der Waals surface area contributed by atoms with Gasteiger partial charge in [0.2, 0.25) is 0 Å². The van der Waals surface area contributed by atoms with Crippen LogP contribution >= 0.6 is 12.2 Å². The van der Waals surface area contributed by atoms with Gasteiger partial charge in [-0.2, -0.15) is 0 Å². The number of H-pyrrole nitrogens is 1. The molecule has 9 heteroatoms. The molecular weight excluding hydrogens is 361 g/mol. The lowest BCUT2D eigenvalue weighted by atomic mass is 10.1. The van der Waals surface area contributed by atoms with Crippen LogP contribution in [0.3, 0.4) is 0 Å². The number of nitrogens with zero attached hydrogens (tertiary/aromatic N) is 2. The number of nitrogens with one attached hydrogen (secondary N) is 1. The zero-order valence-corrected chi connectivity index (χ0v) is 14.5. The fourth-order valence-electron chi connectivity index (χ4n) is 2.64. The molecule has 0 amide bonds. The van der Waals surface area contributed by atoms with Gasteiger partial charge in [-0.1, -0.05) is 12.1 Å². The molecule has 2 N–H and O–H groups in total. The molecule has 134 valence electrons. The number of hydrogen-bond donors (Lipinski definition) is 2. The normalized spacial score (nSPS) is 11.0. The van der Waals surface area contributed by atoms with Gasteiger partial charge in [0.25, 0.3) is 5.56 Å². The Morgan fingerprint density at radius 2 is 2.15 bits per heavy atom. The molecule has 0 spiro atoms. The van der Waals surface area contributed by atoms with Crippen LogP contribution in [0.15, 0.2) is 35.1 Å². The van der Waals surface area contributed by atoms with Crippen LogP contribution in [0, 0.1) is 10.6 Å². The Bertz CT molecular complexity index is 1120. The molecule has 0 aliphatic carbocycles. The molecule has 0 saturated heterocycles. The molecular formula is C17H14FN3O4S. The van der Waals surface area contributed by atoms with Gasteiger partial charge in [-0.25, -0.2) is 14.2 Å². The summed E-state index contributed by atoms with van der Waals surface area (Å²) in [6, 6.07) is 7.04. The van der Waals surface area contributed by atoms with Crippen molar-refractivity contribution in [1.82, 2.24) is 14.5 Å². The Labute approximate surface area is 151 Å². The number of pyridine rings is 1. The van der Waals surface area contributed by atoms with Crippen LogP contribution < -0.4 is 5.56 Å². The van der Waals surface area contributed by atoms with Crippen LogP contribution in [0.1, 0.15) is 10.4 Å². The monoisotopic (exact) mass is 375 g/mol. The number of halogens is 1. The molecule has 3 rings (SSSR count). The highest BCUT2D eigenvalue weighted by Crippen LogP contribution is 2.25. The third-order valence-electron chi connectivity index (χ3n) is 3.85. The third-order valence-corrected chi connectivity index (χ3v) is 4.17. The van der Waals surface area contributed by atoms with Gasteiger partial charge >= 0.3 is 5.97 Å². The van der Waals surface area contributed by atoms with Crippen LogP contribution in [0.4, 0.5) is 4.39 Å². The first-order valence-electron chi connectivity index (χ1n) is 7.59. The second-order valence-electron chi connectivity index (χ2n) is 5.44. The van der Waals surface area contributed by atoms with Crippen LogP contribution in [-0.2, 0) is 11.3 Å².